The van der Waals surface area contributed by atoms with Crippen LogP contribution in [0.15, 0.2) is 47.8 Å². The molecule has 5 heteroatoms. The minimum absolute atomic E-state index is 0.0475. The zero-order valence-corrected chi connectivity index (χ0v) is 16.6. The first-order chi connectivity index (χ1) is 12.3. The fraction of sp³-hybridized carbons (Fsp3) is 0.333. The number of nitrogens with zero attached hydrogens (tertiary/aromatic N) is 2. The molecule has 3 rings (SSSR count). The van der Waals surface area contributed by atoms with E-state index in [1.807, 2.05) is 41.9 Å². The fourth-order valence-electron chi connectivity index (χ4n) is 2.78. The molecule has 0 fully saturated rings. The van der Waals surface area contributed by atoms with Gasteiger partial charge >= 0.3 is 0 Å². The molecule has 0 unspecified atom stereocenters. The number of aryl methyl sites for hydroxylation is 1. The van der Waals surface area contributed by atoms with E-state index in [0.717, 1.165) is 16.3 Å². The number of benzene rings is 1. The van der Waals surface area contributed by atoms with E-state index in [-0.39, 0.29) is 11.3 Å². The monoisotopic (exact) mass is 367 g/mol. The van der Waals surface area contributed by atoms with Gasteiger partial charge in [-0.05, 0) is 47.5 Å². The highest BCUT2D eigenvalue weighted by Gasteiger charge is 2.14. The van der Waals surface area contributed by atoms with Gasteiger partial charge in [0.25, 0.3) is 5.91 Å². The maximum atomic E-state index is 12.3. The van der Waals surface area contributed by atoms with Gasteiger partial charge in [0.15, 0.2) is 0 Å². The van der Waals surface area contributed by atoms with E-state index in [9.17, 15) is 4.79 Å². The number of amides is 1. The zero-order chi connectivity index (χ0) is 18.7. The van der Waals surface area contributed by atoms with Gasteiger partial charge in [0, 0.05) is 17.8 Å². The van der Waals surface area contributed by atoms with Crippen LogP contribution in [-0.2, 0) is 12.0 Å². The summed E-state index contributed by atoms with van der Waals surface area (Å²) >= 11 is 1.68. The summed E-state index contributed by atoms with van der Waals surface area (Å²) < 4.78 is 1.94. The molecule has 26 heavy (non-hydrogen) atoms. The molecule has 136 valence electrons. The lowest BCUT2D eigenvalue weighted by atomic mass is 9.87. The number of hydrogen-bond donors (Lipinski definition) is 1. The SMILES string of the molecule is Cc1cc(-c2cccs2)nn1CCNC(=O)c1ccc(C(C)(C)C)cc1. The van der Waals surface area contributed by atoms with Crippen LogP contribution in [0.5, 0.6) is 0 Å². The van der Waals surface area contributed by atoms with E-state index in [1.54, 1.807) is 11.3 Å². The predicted molar refractivity (Wildman–Crippen MR) is 108 cm³/mol. The normalized spacial score (nSPS) is 11.5. The van der Waals surface area contributed by atoms with E-state index < -0.39 is 0 Å². The second-order valence-corrected chi connectivity index (χ2v) is 8.40. The Morgan fingerprint density at radius 3 is 2.54 bits per heavy atom. The Bertz CT molecular complexity index is 871. The van der Waals surface area contributed by atoms with Gasteiger partial charge in [0.05, 0.1) is 11.4 Å². The Balaban J connectivity index is 1.57. The van der Waals surface area contributed by atoms with Gasteiger partial charge in [0.1, 0.15) is 5.69 Å². The minimum atomic E-state index is -0.0475. The molecule has 3 aromatic rings. The average Bonchev–Trinajstić information content (AvgIpc) is 3.24. The molecule has 0 radical (unpaired) electrons. The highest BCUT2D eigenvalue weighted by Crippen LogP contribution is 2.24. The number of thiophene rings is 1. The highest BCUT2D eigenvalue weighted by atomic mass is 32.1. The van der Waals surface area contributed by atoms with Crippen molar-refractivity contribution in [1.82, 2.24) is 15.1 Å². The second-order valence-electron chi connectivity index (χ2n) is 7.45. The third-order valence-electron chi connectivity index (χ3n) is 4.38. The first-order valence-corrected chi connectivity index (χ1v) is 9.69. The third-order valence-corrected chi connectivity index (χ3v) is 5.27. The van der Waals surface area contributed by atoms with Crippen LogP contribution in [-0.4, -0.2) is 22.2 Å². The first kappa shape index (κ1) is 18.4. The predicted octanol–water partition coefficient (Wildman–Crippen LogP) is 4.65. The Labute approximate surface area is 158 Å². The van der Waals surface area contributed by atoms with Gasteiger partial charge in [-0.2, -0.15) is 5.10 Å². The van der Waals surface area contributed by atoms with Gasteiger partial charge < -0.3 is 5.32 Å². The molecular formula is C21H25N3OS. The van der Waals surface area contributed by atoms with Gasteiger partial charge in [0.2, 0.25) is 0 Å². The molecule has 0 aliphatic heterocycles. The molecule has 1 amide bonds. The van der Waals surface area contributed by atoms with Crippen LogP contribution in [0.1, 0.15) is 42.4 Å². The van der Waals surface area contributed by atoms with E-state index in [2.05, 4.69) is 48.7 Å². The number of carbonyl (C=O) groups is 1. The number of hydrogen-bond acceptors (Lipinski definition) is 3. The van der Waals surface area contributed by atoms with Crippen molar-refractivity contribution in [2.75, 3.05) is 6.54 Å². The lowest BCUT2D eigenvalue weighted by molar-refractivity contribution is 0.0952. The van der Waals surface area contributed by atoms with Crippen molar-refractivity contribution < 1.29 is 4.79 Å². The Hall–Kier alpha value is -2.40. The molecule has 0 atom stereocenters. The fourth-order valence-corrected chi connectivity index (χ4v) is 3.46. The lowest BCUT2D eigenvalue weighted by Gasteiger charge is -2.19. The van der Waals surface area contributed by atoms with Crippen molar-refractivity contribution in [1.29, 1.82) is 0 Å². The van der Waals surface area contributed by atoms with Crippen LogP contribution in [0.25, 0.3) is 10.6 Å². The van der Waals surface area contributed by atoms with E-state index in [0.29, 0.717) is 18.7 Å². The quantitative estimate of drug-likeness (QED) is 0.714. The van der Waals surface area contributed by atoms with Crippen LogP contribution in [0.2, 0.25) is 0 Å². The summed E-state index contributed by atoms with van der Waals surface area (Å²) in [6, 6.07) is 14.0. The Morgan fingerprint density at radius 2 is 1.92 bits per heavy atom. The molecule has 1 N–H and O–H groups in total. The summed E-state index contributed by atoms with van der Waals surface area (Å²) in [6.45, 7) is 9.74. The molecule has 2 aromatic heterocycles. The maximum Gasteiger partial charge on any atom is 0.251 e. The molecule has 0 bridgehead atoms. The summed E-state index contributed by atoms with van der Waals surface area (Å²) in [4.78, 5) is 13.5. The van der Waals surface area contributed by atoms with Crippen LogP contribution >= 0.6 is 11.3 Å². The lowest BCUT2D eigenvalue weighted by Crippen LogP contribution is -2.27. The topological polar surface area (TPSA) is 46.9 Å². The third kappa shape index (κ3) is 4.22. The molecule has 0 saturated carbocycles. The first-order valence-electron chi connectivity index (χ1n) is 8.82. The number of carbonyl (C=O) groups excluding carboxylic acids is 1. The Morgan fingerprint density at radius 1 is 1.19 bits per heavy atom. The zero-order valence-electron chi connectivity index (χ0n) is 15.7. The summed E-state index contributed by atoms with van der Waals surface area (Å²) in [5.41, 5.74) is 4.09. The van der Waals surface area contributed by atoms with Crippen LogP contribution in [0.4, 0.5) is 0 Å². The molecule has 0 aliphatic carbocycles. The largest absolute Gasteiger partial charge is 0.350 e. The molecule has 0 saturated heterocycles. The van der Waals surface area contributed by atoms with Crippen molar-refractivity contribution in [3.8, 4) is 10.6 Å². The molecule has 2 heterocycles. The van der Waals surface area contributed by atoms with Gasteiger partial charge in [-0.15, -0.1) is 11.3 Å². The van der Waals surface area contributed by atoms with Crippen molar-refractivity contribution in [2.24, 2.45) is 0 Å². The molecular weight excluding hydrogens is 342 g/mol. The average molecular weight is 368 g/mol. The van der Waals surface area contributed by atoms with Crippen molar-refractivity contribution in [2.45, 2.75) is 39.7 Å². The smallest absolute Gasteiger partial charge is 0.251 e. The van der Waals surface area contributed by atoms with Crippen molar-refractivity contribution in [3.05, 3.63) is 64.7 Å². The van der Waals surface area contributed by atoms with Gasteiger partial charge in [-0.3, -0.25) is 9.48 Å². The minimum Gasteiger partial charge on any atom is -0.350 e. The van der Waals surface area contributed by atoms with E-state index in [4.69, 9.17) is 0 Å². The van der Waals surface area contributed by atoms with Crippen molar-refractivity contribution >= 4 is 17.2 Å². The number of aromatic nitrogens is 2. The number of rotatable bonds is 5. The van der Waals surface area contributed by atoms with E-state index >= 15 is 0 Å². The van der Waals surface area contributed by atoms with Crippen LogP contribution in [0, 0.1) is 6.92 Å². The van der Waals surface area contributed by atoms with Crippen LogP contribution < -0.4 is 5.32 Å². The Kier molecular flexibility index (Phi) is 5.28. The second kappa shape index (κ2) is 7.46. The van der Waals surface area contributed by atoms with Crippen LogP contribution in [0.3, 0.4) is 0 Å². The molecule has 1 aromatic carbocycles. The summed E-state index contributed by atoms with van der Waals surface area (Å²) in [7, 11) is 0. The maximum absolute atomic E-state index is 12.3. The standard InChI is InChI=1S/C21H25N3OS/c1-15-14-18(19-6-5-13-26-19)23-24(15)12-11-22-20(25)16-7-9-17(10-8-16)21(2,3)4/h5-10,13-14H,11-12H2,1-4H3,(H,22,25). The molecule has 0 aliphatic rings. The molecule has 4 nitrogen and oxygen atoms in total. The highest BCUT2D eigenvalue weighted by molar-refractivity contribution is 7.13. The van der Waals surface area contributed by atoms with Crippen molar-refractivity contribution in [3.63, 3.8) is 0 Å². The van der Waals surface area contributed by atoms with Gasteiger partial charge in [-0.1, -0.05) is 39.0 Å². The molecule has 0 spiro atoms. The summed E-state index contributed by atoms with van der Waals surface area (Å²) in [5, 5.41) is 9.67. The summed E-state index contributed by atoms with van der Waals surface area (Å²) in [6.07, 6.45) is 0. The summed E-state index contributed by atoms with van der Waals surface area (Å²) in [5.74, 6) is -0.0475. The van der Waals surface area contributed by atoms with E-state index in [1.165, 1.54) is 5.56 Å². The number of nitrogens with one attached hydrogen (secondary N) is 1. The van der Waals surface area contributed by atoms with Gasteiger partial charge in [-0.25, -0.2) is 0 Å².